The van der Waals surface area contributed by atoms with Crippen LogP contribution in [0.4, 0.5) is 5.69 Å². The summed E-state index contributed by atoms with van der Waals surface area (Å²) in [5.74, 6) is -0.286. The van der Waals surface area contributed by atoms with Crippen molar-refractivity contribution in [1.82, 2.24) is 4.98 Å². The minimum Gasteiger partial charge on any atom is -0.459 e. The molecule has 2 rings (SSSR count). The molecular weight excluding hydrogens is 228 g/mol. The first-order valence-electron chi connectivity index (χ1n) is 5.64. The molecule has 0 atom stereocenters. The van der Waals surface area contributed by atoms with E-state index in [1.54, 1.807) is 18.3 Å². The highest BCUT2D eigenvalue weighted by molar-refractivity contribution is 5.73. The molecule has 92 valence electrons. The highest BCUT2D eigenvalue weighted by atomic mass is 16.5. The van der Waals surface area contributed by atoms with Crippen molar-refractivity contribution in [3.05, 3.63) is 59.9 Å². The fourth-order valence-electron chi connectivity index (χ4n) is 1.56. The number of nitrogens with zero attached hydrogens (tertiary/aromatic N) is 1. The Morgan fingerprint density at radius 3 is 2.83 bits per heavy atom. The number of benzene rings is 1. The molecule has 0 aliphatic rings. The first-order valence-corrected chi connectivity index (χ1v) is 5.64. The minimum atomic E-state index is -0.286. The van der Waals surface area contributed by atoms with Gasteiger partial charge in [-0.3, -0.25) is 9.78 Å². The lowest BCUT2D eigenvalue weighted by molar-refractivity contribution is -0.144. The number of nitrogen functional groups attached to an aromatic ring is 1. The summed E-state index contributed by atoms with van der Waals surface area (Å²) in [5, 5.41) is 0. The Balaban J connectivity index is 1.86. The summed E-state index contributed by atoms with van der Waals surface area (Å²) in [5.41, 5.74) is 7.86. The van der Waals surface area contributed by atoms with E-state index in [4.69, 9.17) is 10.5 Å². The van der Waals surface area contributed by atoms with E-state index in [0.717, 1.165) is 11.3 Å². The van der Waals surface area contributed by atoms with Gasteiger partial charge in [0.1, 0.15) is 6.61 Å². The zero-order chi connectivity index (χ0) is 12.8. The van der Waals surface area contributed by atoms with E-state index in [1.165, 1.54) is 0 Å². The maximum absolute atomic E-state index is 11.6. The fraction of sp³-hybridized carbons (Fsp3) is 0.143. The molecular formula is C14H14N2O2. The molecule has 0 unspecified atom stereocenters. The summed E-state index contributed by atoms with van der Waals surface area (Å²) in [6.45, 7) is 0.196. The van der Waals surface area contributed by atoms with E-state index < -0.39 is 0 Å². The summed E-state index contributed by atoms with van der Waals surface area (Å²) >= 11 is 0. The van der Waals surface area contributed by atoms with Crippen molar-refractivity contribution in [2.75, 3.05) is 5.73 Å². The summed E-state index contributed by atoms with van der Waals surface area (Å²) in [6.07, 6.45) is 1.89. The molecule has 0 aliphatic carbocycles. The van der Waals surface area contributed by atoms with Gasteiger partial charge < -0.3 is 10.5 Å². The second kappa shape index (κ2) is 5.82. The van der Waals surface area contributed by atoms with Gasteiger partial charge in [0.2, 0.25) is 0 Å². The van der Waals surface area contributed by atoms with Gasteiger partial charge in [-0.15, -0.1) is 0 Å². The van der Waals surface area contributed by atoms with E-state index in [1.807, 2.05) is 30.3 Å². The maximum atomic E-state index is 11.6. The molecule has 0 saturated carbocycles. The summed E-state index contributed by atoms with van der Waals surface area (Å²) in [4.78, 5) is 15.7. The number of esters is 1. The normalized spacial score (nSPS) is 10.0. The number of nitrogens with two attached hydrogens (primary N) is 1. The Labute approximate surface area is 105 Å². The number of pyridine rings is 1. The van der Waals surface area contributed by atoms with E-state index >= 15 is 0 Å². The molecule has 1 aromatic carbocycles. The predicted octanol–water partition coefficient (Wildman–Crippen LogP) is 1.95. The maximum Gasteiger partial charge on any atom is 0.310 e. The number of ether oxygens (including phenoxy) is 1. The SMILES string of the molecule is Nc1cccc(CC(=O)OCc2ccccn2)c1. The molecule has 0 aliphatic heterocycles. The zero-order valence-corrected chi connectivity index (χ0v) is 9.87. The van der Waals surface area contributed by atoms with E-state index in [2.05, 4.69) is 4.98 Å². The van der Waals surface area contributed by atoms with E-state index in [0.29, 0.717) is 5.69 Å². The van der Waals surface area contributed by atoms with Crippen LogP contribution in [0.1, 0.15) is 11.3 Å². The van der Waals surface area contributed by atoms with Crippen LogP contribution in [0.15, 0.2) is 48.7 Å². The minimum absolute atomic E-state index is 0.196. The van der Waals surface area contributed by atoms with Gasteiger partial charge in [-0.25, -0.2) is 0 Å². The lowest BCUT2D eigenvalue weighted by atomic mass is 10.1. The Morgan fingerprint density at radius 2 is 2.11 bits per heavy atom. The lowest BCUT2D eigenvalue weighted by Crippen LogP contribution is -2.08. The summed E-state index contributed by atoms with van der Waals surface area (Å²) in [7, 11) is 0. The fourth-order valence-corrected chi connectivity index (χ4v) is 1.56. The van der Waals surface area contributed by atoms with Crippen LogP contribution in [0.2, 0.25) is 0 Å². The third-order valence-electron chi connectivity index (χ3n) is 2.41. The Hall–Kier alpha value is -2.36. The topological polar surface area (TPSA) is 65.2 Å². The molecule has 0 amide bonds. The Bertz CT molecular complexity index is 526. The Kier molecular flexibility index (Phi) is 3.91. The van der Waals surface area contributed by atoms with Gasteiger partial charge >= 0.3 is 5.97 Å². The number of anilines is 1. The molecule has 0 spiro atoms. The van der Waals surface area contributed by atoms with Crippen LogP contribution in [0, 0.1) is 0 Å². The number of rotatable bonds is 4. The molecule has 4 nitrogen and oxygen atoms in total. The molecule has 1 heterocycles. The van der Waals surface area contributed by atoms with Crippen LogP contribution in [-0.2, 0) is 22.6 Å². The Morgan fingerprint density at radius 1 is 1.22 bits per heavy atom. The molecule has 2 N–H and O–H groups in total. The molecule has 2 aromatic rings. The van der Waals surface area contributed by atoms with Gasteiger partial charge in [0.25, 0.3) is 0 Å². The van der Waals surface area contributed by atoms with Crippen LogP contribution in [0.5, 0.6) is 0 Å². The second-order valence-electron chi connectivity index (χ2n) is 3.90. The summed E-state index contributed by atoms with van der Waals surface area (Å²) in [6, 6.07) is 12.7. The van der Waals surface area contributed by atoms with Gasteiger partial charge in [-0.05, 0) is 29.8 Å². The van der Waals surface area contributed by atoms with Crippen LogP contribution in [-0.4, -0.2) is 11.0 Å². The highest BCUT2D eigenvalue weighted by Crippen LogP contribution is 2.08. The molecule has 0 radical (unpaired) electrons. The van der Waals surface area contributed by atoms with E-state index in [9.17, 15) is 4.79 Å². The number of aromatic nitrogens is 1. The summed E-state index contributed by atoms with van der Waals surface area (Å²) < 4.78 is 5.13. The molecule has 0 bridgehead atoms. The molecule has 18 heavy (non-hydrogen) atoms. The van der Waals surface area contributed by atoms with Crippen molar-refractivity contribution in [1.29, 1.82) is 0 Å². The van der Waals surface area contributed by atoms with Gasteiger partial charge in [0.15, 0.2) is 0 Å². The van der Waals surface area contributed by atoms with Gasteiger partial charge in [0, 0.05) is 11.9 Å². The number of hydrogen-bond donors (Lipinski definition) is 1. The molecule has 0 fully saturated rings. The zero-order valence-electron chi connectivity index (χ0n) is 9.87. The smallest absolute Gasteiger partial charge is 0.310 e. The van der Waals surface area contributed by atoms with Crippen molar-refractivity contribution in [3.63, 3.8) is 0 Å². The number of carbonyl (C=O) groups excluding carboxylic acids is 1. The number of carbonyl (C=O) groups is 1. The van der Waals surface area contributed by atoms with Gasteiger partial charge in [0.05, 0.1) is 12.1 Å². The average molecular weight is 242 g/mol. The van der Waals surface area contributed by atoms with Crippen LogP contribution < -0.4 is 5.73 Å². The van der Waals surface area contributed by atoms with Crippen LogP contribution in [0.25, 0.3) is 0 Å². The predicted molar refractivity (Wildman–Crippen MR) is 68.6 cm³/mol. The monoisotopic (exact) mass is 242 g/mol. The van der Waals surface area contributed by atoms with Gasteiger partial charge in [-0.1, -0.05) is 18.2 Å². The van der Waals surface area contributed by atoms with E-state index in [-0.39, 0.29) is 19.0 Å². The van der Waals surface area contributed by atoms with Crippen molar-refractivity contribution >= 4 is 11.7 Å². The molecule has 4 heteroatoms. The lowest BCUT2D eigenvalue weighted by Gasteiger charge is -2.05. The average Bonchev–Trinajstić information content (AvgIpc) is 2.38. The molecule has 1 aromatic heterocycles. The number of hydrogen-bond acceptors (Lipinski definition) is 4. The standard InChI is InChI=1S/C14H14N2O2/c15-12-5-3-4-11(8-12)9-14(17)18-10-13-6-1-2-7-16-13/h1-8H,9-10,15H2. The van der Waals surface area contributed by atoms with Crippen LogP contribution in [0.3, 0.4) is 0 Å². The third-order valence-corrected chi connectivity index (χ3v) is 2.41. The second-order valence-corrected chi connectivity index (χ2v) is 3.90. The van der Waals surface area contributed by atoms with Crippen LogP contribution >= 0.6 is 0 Å². The molecule has 0 saturated heterocycles. The first kappa shape index (κ1) is 12.1. The van der Waals surface area contributed by atoms with Crippen molar-refractivity contribution in [3.8, 4) is 0 Å². The van der Waals surface area contributed by atoms with Crippen molar-refractivity contribution in [2.24, 2.45) is 0 Å². The largest absolute Gasteiger partial charge is 0.459 e. The van der Waals surface area contributed by atoms with Gasteiger partial charge in [-0.2, -0.15) is 0 Å². The first-order chi connectivity index (χ1) is 8.74. The van der Waals surface area contributed by atoms with Crippen molar-refractivity contribution < 1.29 is 9.53 Å². The van der Waals surface area contributed by atoms with Crippen molar-refractivity contribution in [2.45, 2.75) is 13.0 Å². The highest BCUT2D eigenvalue weighted by Gasteiger charge is 2.05. The third kappa shape index (κ3) is 3.59. The quantitative estimate of drug-likeness (QED) is 0.657.